The predicted octanol–water partition coefficient (Wildman–Crippen LogP) is 9.95. The standard InChI is InChI=1S/C53H99NO10/c1-3-5-7-9-11-13-15-17-19-20-21-22-23-24-25-26-27-29-30-32-34-36-38-40-45(56)48(58)44(43-63-53-51(61)50(60)49(59)47(42-55)64-53)54-52(62)46(57)41-39-37-35-33-31-28-18-16-14-12-10-8-6-4-2/h22-23,26-27,32,34,44-51,53,55-61H,3-21,24-25,28-31,33,35-43H2,1-2H3,(H,54,62)/b23-22+,27-26+,34-32+. The third-order valence-electron chi connectivity index (χ3n) is 12.7. The molecule has 11 heteroatoms. The minimum absolute atomic E-state index is 0.242. The Kier molecular flexibility index (Phi) is 40.2. The normalized spacial score (nSPS) is 21.3. The number of rotatable bonds is 44. The molecular formula is C53H99NO10. The highest BCUT2D eigenvalue weighted by Crippen LogP contribution is 2.23. The van der Waals surface area contributed by atoms with E-state index >= 15 is 0 Å². The van der Waals surface area contributed by atoms with E-state index in [9.17, 15) is 40.5 Å². The van der Waals surface area contributed by atoms with Gasteiger partial charge >= 0.3 is 0 Å². The monoisotopic (exact) mass is 910 g/mol. The fourth-order valence-electron chi connectivity index (χ4n) is 8.30. The van der Waals surface area contributed by atoms with Crippen molar-refractivity contribution in [3.63, 3.8) is 0 Å². The molecule has 1 rings (SSSR count). The van der Waals surface area contributed by atoms with Gasteiger partial charge in [0.2, 0.25) is 5.91 Å². The molecular weight excluding hydrogens is 811 g/mol. The maximum atomic E-state index is 13.1. The molecule has 1 amide bonds. The van der Waals surface area contributed by atoms with Crippen LogP contribution >= 0.6 is 0 Å². The van der Waals surface area contributed by atoms with Crippen molar-refractivity contribution in [1.29, 1.82) is 0 Å². The smallest absolute Gasteiger partial charge is 0.249 e. The molecule has 0 radical (unpaired) electrons. The zero-order valence-electron chi connectivity index (χ0n) is 40.8. The average Bonchev–Trinajstić information content (AvgIpc) is 3.29. The van der Waals surface area contributed by atoms with Gasteiger partial charge < -0.3 is 50.5 Å². The van der Waals surface area contributed by atoms with Crippen LogP contribution in [-0.2, 0) is 14.3 Å². The molecule has 0 aromatic carbocycles. The maximum Gasteiger partial charge on any atom is 0.249 e. The molecule has 0 aliphatic carbocycles. The molecule has 64 heavy (non-hydrogen) atoms. The number of hydrogen-bond acceptors (Lipinski definition) is 10. The van der Waals surface area contributed by atoms with Crippen molar-refractivity contribution in [2.45, 2.75) is 281 Å². The molecule has 1 aliphatic rings. The lowest BCUT2D eigenvalue weighted by Gasteiger charge is -2.40. The van der Waals surface area contributed by atoms with Gasteiger partial charge in [-0.25, -0.2) is 0 Å². The second-order valence-corrected chi connectivity index (χ2v) is 18.6. The van der Waals surface area contributed by atoms with E-state index in [0.717, 1.165) is 44.9 Å². The molecule has 0 aromatic heterocycles. The number of hydrogen-bond donors (Lipinski definition) is 8. The fraction of sp³-hybridized carbons (Fsp3) is 0.868. The third-order valence-corrected chi connectivity index (χ3v) is 12.7. The highest BCUT2D eigenvalue weighted by molar-refractivity contribution is 5.80. The van der Waals surface area contributed by atoms with Gasteiger partial charge in [0.05, 0.1) is 25.4 Å². The number of allylic oxidation sites excluding steroid dienone is 6. The largest absolute Gasteiger partial charge is 0.394 e. The zero-order valence-corrected chi connectivity index (χ0v) is 40.8. The minimum atomic E-state index is -1.67. The number of amides is 1. The predicted molar refractivity (Wildman–Crippen MR) is 261 cm³/mol. The first-order valence-electron chi connectivity index (χ1n) is 26.4. The van der Waals surface area contributed by atoms with Crippen molar-refractivity contribution < 1.29 is 50.0 Å². The highest BCUT2D eigenvalue weighted by Gasteiger charge is 2.44. The Hall–Kier alpha value is -1.67. The Morgan fingerprint density at radius 3 is 1.39 bits per heavy atom. The summed E-state index contributed by atoms with van der Waals surface area (Å²) in [5.41, 5.74) is 0. The molecule has 0 bridgehead atoms. The fourth-order valence-corrected chi connectivity index (χ4v) is 8.30. The molecule has 1 heterocycles. The van der Waals surface area contributed by atoms with Crippen molar-refractivity contribution in [3.05, 3.63) is 36.5 Å². The SMILES string of the molecule is CCCCCCCCCCCC/C=C/CC/C=C/CC/C=C/CCCC(O)C(O)C(COC1OC(CO)C(O)C(O)C1O)NC(=O)C(O)CCCCCCCCCCCCCCCC. The third kappa shape index (κ3) is 31.3. The molecule has 8 N–H and O–H groups in total. The van der Waals surface area contributed by atoms with Crippen molar-refractivity contribution in [2.75, 3.05) is 13.2 Å². The van der Waals surface area contributed by atoms with Gasteiger partial charge in [-0.1, -0.05) is 198 Å². The molecule has 0 spiro atoms. The topological polar surface area (TPSA) is 189 Å². The zero-order chi connectivity index (χ0) is 46.9. The van der Waals surface area contributed by atoms with E-state index in [4.69, 9.17) is 9.47 Å². The number of unbranched alkanes of at least 4 members (excludes halogenated alkanes) is 26. The van der Waals surface area contributed by atoms with Gasteiger partial charge in [-0.2, -0.15) is 0 Å². The summed E-state index contributed by atoms with van der Waals surface area (Å²) < 4.78 is 11.1. The van der Waals surface area contributed by atoms with Crippen LogP contribution in [0.1, 0.15) is 226 Å². The summed E-state index contributed by atoms with van der Waals surface area (Å²) in [5.74, 6) is -0.712. The molecule has 11 nitrogen and oxygen atoms in total. The molecule has 1 aliphatic heterocycles. The summed E-state index contributed by atoms with van der Waals surface area (Å²) in [6.07, 6.45) is 39.1. The van der Waals surface area contributed by atoms with E-state index in [2.05, 4.69) is 55.6 Å². The average molecular weight is 910 g/mol. The van der Waals surface area contributed by atoms with E-state index < -0.39 is 74.2 Å². The number of carbonyl (C=O) groups is 1. The molecule has 1 fully saturated rings. The van der Waals surface area contributed by atoms with Gasteiger partial charge in [0.25, 0.3) is 0 Å². The van der Waals surface area contributed by atoms with Gasteiger partial charge in [0.1, 0.15) is 36.6 Å². The first kappa shape index (κ1) is 60.3. The number of carbonyl (C=O) groups excluding carboxylic acids is 1. The Balaban J connectivity index is 2.41. The van der Waals surface area contributed by atoms with E-state index in [1.807, 2.05) is 0 Å². The summed E-state index contributed by atoms with van der Waals surface area (Å²) in [6, 6.07) is -1.19. The number of nitrogens with one attached hydrogen (secondary N) is 1. The molecule has 9 atom stereocenters. The van der Waals surface area contributed by atoms with Crippen LogP contribution in [0.2, 0.25) is 0 Å². The van der Waals surface area contributed by atoms with Gasteiger partial charge in [0.15, 0.2) is 6.29 Å². The Labute approximate surface area is 390 Å². The van der Waals surface area contributed by atoms with Crippen molar-refractivity contribution in [1.82, 2.24) is 5.32 Å². The van der Waals surface area contributed by atoms with Gasteiger partial charge in [-0.3, -0.25) is 4.79 Å². The Morgan fingerprint density at radius 1 is 0.531 bits per heavy atom. The number of ether oxygens (including phenoxy) is 2. The lowest BCUT2D eigenvalue weighted by atomic mass is 9.98. The first-order valence-corrected chi connectivity index (χ1v) is 26.4. The van der Waals surface area contributed by atoms with E-state index in [1.54, 1.807) is 0 Å². The summed E-state index contributed by atoms with van der Waals surface area (Å²) >= 11 is 0. The number of aliphatic hydroxyl groups excluding tert-OH is 7. The molecule has 0 saturated carbocycles. The second-order valence-electron chi connectivity index (χ2n) is 18.6. The van der Waals surface area contributed by atoms with E-state index in [-0.39, 0.29) is 12.8 Å². The Bertz CT molecular complexity index is 1130. The minimum Gasteiger partial charge on any atom is -0.394 e. The Morgan fingerprint density at radius 2 is 0.938 bits per heavy atom. The first-order chi connectivity index (χ1) is 31.2. The van der Waals surface area contributed by atoms with E-state index in [1.165, 1.54) is 135 Å². The summed E-state index contributed by atoms with van der Waals surface area (Å²) in [7, 11) is 0. The van der Waals surface area contributed by atoms with Crippen molar-refractivity contribution in [2.24, 2.45) is 0 Å². The van der Waals surface area contributed by atoms with Crippen LogP contribution in [0.25, 0.3) is 0 Å². The van der Waals surface area contributed by atoms with Gasteiger partial charge in [0, 0.05) is 0 Å². The van der Waals surface area contributed by atoms with Gasteiger partial charge in [-0.15, -0.1) is 0 Å². The van der Waals surface area contributed by atoms with E-state index in [0.29, 0.717) is 19.3 Å². The molecule has 9 unspecified atom stereocenters. The second kappa shape index (κ2) is 42.7. The summed E-state index contributed by atoms with van der Waals surface area (Å²) in [5, 5.41) is 75.8. The highest BCUT2D eigenvalue weighted by atomic mass is 16.7. The van der Waals surface area contributed by atoms with Crippen molar-refractivity contribution in [3.8, 4) is 0 Å². The van der Waals surface area contributed by atoms with Crippen molar-refractivity contribution >= 4 is 5.91 Å². The lowest BCUT2D eigenvalue weighted by molar-refractivity contribution is -0.303. The molecule has 376 valence electrons. The molecule has 0 aromatic rings. The van der Waals surface area contributed by atoms with Crippen LogP contribution in [0.4, 0.5) is 0 Å². The van der Waals surface area contributed by atoms with Crippen LogP contribution in [-0.4, -0.2) is 110 Å². The lowest BCUT2D eigenvalue weighted by Crippen LogP contribution is -2.60. The molecule has 1 saturated heterocycles. The van der Waals surface area contributed by atoms with Crippen LogP contribution in [0.3, 0.4) is 0 Å². The van der Waals surface area contributed by atoms with Crippen LogP contribution < -0.4 is 5.32 Å². The summed E-state index contributed by atoms with van der Waals surface area (Å²) in [6.45, 7) is 3.43. The summed E-state index contributed by atoms with van der Waals surface area (Å²) in [4.78, 5) is 13.1. The quantitative estimate of drug-likeness (QED) is 0.0216. The maximum absolute atomic E-state index is 13.1. The number of aliphatic hydroxyl groups is 7. The van der Waals surface area contributed by atoms with Crippen LogP contribution in [0.15, 0.2) is 36.5 Å². The van der Waals surface area contributed by atoms with Crippen LogP contribution in [0, 0.1) is 0 Å². The van der Waals surface area contributed by atoms with Crippen LogP contribution in [0.5, 0.6) is 0 Å². The van der Waals surface area contributed by atoms with Gasteiger partial charge in [-0.05, 0) is 64.2 Å².